The van der Waals surface area contributed by atoms with Crippen molar-refractivity contribution >= 4 is 16.9 Å². The smallest absolute Gasteiger partial charge is 0.126 e. The van der Waals surface area contributed by atoms with Gasteiger partial charge in [0.1, 0.15) is 23.0 Å². The normalized spacial score (nSPS) is 10.8. The zero-order valence-corrected chi connectivity index (χ0v) is 10.9. The molecule has 18 heavy (non-hydrogen) atoms. The topological polar surface area (TPSA) is 58.9 Å². The Hall–Kier alpha value is -2.06. The first-order valence-electron chi connectivity index (χ1n) is 5.86. The highest BCUT2D eigenvalue weighted by molar-refractivity contribution is 5.88. The molecule has 94 valence electrons. The number of likely N-dealkylation sites (N-methyl/N-ethyl adjacent to an activating group) is 2. The number of hydrogen-bond donors (Lipinski definition) is 1. The van der Waals surface area contributed by atoms with Crippen LogP contribution in [0, 0.1) is 11.3 Å². The molecule has 1 N–H and O–H groups in total. The molecular formula is C13H17N5. The molecule has 0 aliphatic heterocycles. The maximum absolute atomic E-state index is 9.28. The molecule has 0 radical (unpaired) electrons. The average molecular weight is 243 g/mol. The molecule has 0 atom stereocenters. The van der Waals surface area contributed by atoms with Crippen LogP contribution in [0.3, 0.4) is 0 Å². The summed E-state index contributed by atoms with van der Waals surface area (Å²) in [5, 5.41) is 9.28. The molecule has 0 amide bonds. The van der Waals surface area contributed by atoms with E-state index in [-0.39, 0.29) is 0 Å². The highest BCUT2D eigenvalue weighted by Gasteiger charge is 2.15. The van der Waals surface area contributed by atoms with Gasteiger partial charge < -0.3 is 14.8 Å². The van der Waals surface area contributed by atoms with E-state index in [4.69, 9.17) is 0 Å². The summed E-state index contributed by atoms with van der Waals surface area (Å²) in [5.41, 5.74) is 2.26. The molecule has 5 nitrogen and oxygen atoms in total. The highest BCUT2D eigenvalue weighted by atomic mass is 15.2. The maximum atomic E-state index is 9.28. The summed E-state index contributed by atoms with van der Waals surface area (Å²) in [4.78, 5) is 11.7. The van der Waals surface area contributed by atoms with Crippen molar-refractivity contribution in [1.29, 1.82) is 5.26 Å². The van der Waals surface area contributed by atoms with Gasteiger partial charge in [-0.3, -0.25) is 4.98 Å². The number of aromatic nitrogens is 2. The average Bonchev–Trinajstić information content (AvgIpc) is 2.74. The van der Waals surface area contributed by atoms with Crippen LogP contribution >= 0.6 is 0 Å². The predicted molar refractivity (Wildman–Crippen MR) is 72.6 cm³/mol. The second-order valence-electron chi connectivity index (χ2n) is 4.58. The number of aromatic amines is 1. The standard InChI is InChI=1S/C13H17N5/c1-17(2)7-8-18(3)13-10(9-14)12-11(16-13)5-4-6-15-12/h4-6,16H,7-8H2,1-3H3. The SMILES string of the molecule is CN(C)CCN(C)c1[nH]c2cccnc2c1C#N. The van der Waals surface area contributed by atoms with Gasteiger partial charge in [-0.25, -0.2) is 0 Å². The van der Waals surface area contributed by atoms with Crippen LogP contribution < -0.4 is 4.90 Å². The Morgan fingerprint density at radius 3 is 2.78 bits per heavy atom. The van der Waals surface area contributed by atoms with Gasteiger partial charge in [-0.2, -0.15) is 5.26 Å². The molecule has 0 spiro atoms. The van der Waals surface area contributed by atoms with E-state index < -0.39 is 0 Å². The zero-order valence-electron chi connectivity index (χ0n) is 10.9. The summed E-state index contributed by atoms with van der Waals surface area (Å²) >= 11 is 0. The number of nitrogens with zero attached hydrogens (tertiary/aromatic N) is 4. The number of nitriles is 1. The molecule has 2 rings (SSSR count). The number of hydrogen-bond acceptors (Lipinski definition) is 4. The van der Waals surface area contributed by atoms with Crippen molar-refractivity contribution in [3.05, 3.63) is 23.9 Å². The van der Waals surface area contributed by atoms with Crippen LogP contribution in [0.2, 0.25) is 0 Å². The van der Waals surface area contributed by atoms with Gasteiger partial charge in [-0.1, -0.05) is 0 Å². The summed E-state index contributed by atoms with van der Waals surface area (Å²) in [7, 11) is 6.05. The third-order valence-corrected chi connectivity index (χ3v) is 2.91. The fourth-order valence-electron chi connectivity index (χ4n) is 1.86. The Bertz CT molecular complexity index is 579. The Labute approximate surface area is 107 Å². The minimum atomic E-state index is 0.617. The molecule has 0 aromatic carbocycles. The third-order valence-electron chi connectivity index (χ3n) is 2.91. The van der Waals surface area contributed by atoms with E-state index in [1.54, 1.807) is 6.20 Å². The van der Waals surface area contributed by atoms with E-state index in [2.05, 4.69) is 25.8 Å². The number of nitrogens with one attached hydrogen (secondary N) is 1. The molecule has 0 saturated carbocycles. The van der Waals surface area contributed by atoms with Crippen molar-refractivity contribution in [2.45, 2.75) is 0 Å². The largest absolute Gasteiger partial charge is 0.359 e. The molecule has 2 heterocycles. The minimum absolute atomic E-state index is 0.617. The fourth-order valence-corrected chi connectivity index (χ4v) is 1.86. The van der Waals surface area contributed by atoms with Gasteiger partial charge in [0.15, 0.2) is 0 Å². The first kappa shape index (κ1) is 12.4. The van der Waals surface area contributed by atoms with Gasteiger partial charge in [0.25, 0.3) is 0 Å². The second kappa shape index (κ2) is 5.07. The van der Waals surface area contributed by atoms with E-state index >= 15 is 0 Å². The van der Waals surface area contributed by atoms with Crippen LogP contribution in [-0.2, 0) is 0 Å². The molecule has 0 fully saturated rings. The fraction of sp³-hybridized carbons (Fsp3) is 0.385. The van der Waals surface area contributed by atoms with E-state index in [1.165, 1.54) is 0 Å². The number of H-pyrrole nitrogens is 1. The molecule has 0 bridgehead atoms. The quantitative estimate of drug-likeness (QED) is 0.882. The van der Waals surface area contributed by atoms with Crippen molar-refractivity contribution in [3.8, 4) is 6.07 Å². The van der Waals surface area contributed by atoms with Crippen molar-refractivity contribution in [2.24, 2.45) is 0 Å². The summed E-state index contributed by atoms with van der Waals surface area (Å²) in [6, 6.07) is 6.04. The second-order valence-corrected chi connectivity index (χ2v) is 4.58. The Morgan fingerprint density at radius 2 is 2.11 bits per heavy atom. The van der Waals surface area contributed by atoms with Gasteiger partial charge in [0.2, 0.25) is 0 Å². The molecule has 0 unspecified atom stereocenters. The van der Waals surface area contributed by atoms with Crippen LogP contribution in [0.1, 0.15) is 5.56 Å². The molecule has 0 aliphatic rings. The number of anilines is 1. The Balaban J connectivity index is 2.35. The van der Waals surface area contributed by atoms with Crippen LogP contribution in [0.5, 0.6) is 0 Å². The van der Waals surface area contributed by atoms with E-state index in [9.17, 15) is 5.26 Å². The van der Waals surface area contributed by atoms with Gasteiger partial charge in [0.05, 0.1) is 5.52 Å². The maximum Gasteiger partial charge on any atom is 0.126 e. The van der Waals surface area contributed by atoms with E-state index in [1.807, 2.05) is 33.3 Å². The Morgan fingerprint density at radius 1 is 1.33 bits per heavy atom. The summed E-state index contributed by atoms with van der Waals surface area (Å²) < 4.78 is 0. The number of pyridine rings is 1. The summed E-state index contributed by atoms with van der Waals surface area (Å²) in [5.74, 6) is 0.841. The molecular weight excluding hydrogens is 226 g/mol. The molecule has 0 saturated heterocycles. The lowest BCUT2D eigenvalue weighted by atomic mass is 10.2. The molecule has 2 aromatic rings. The van der Waals surface area contributed by atoms with Gasteiger partial charge in [-0.15, -0.1) is 0 Å². The zero-order chi connectivity index (χ0) is 13.1. The first-order chi connectivity index (χ1) is 8.63. The monoisotopic (exact) mass is 243 g/mol. The van der Waals surface area contributed by atoms with E-state index in [0.717, 1.165) is 29.9 Å². The lowest BCUT2D eigenvalue weighted by Gasteiger charge is -2.20. The Kier molecular flexibility index (Phi) is 3.49. The molecule has 2 aromatic heterocycles. The minimum Gasteiger partial charge on any atom is -0.359 e. The summed E-state index contributed by atoms with van der Waals surface area (Å²) in [6.45, 7) is 1.79. The number of rotatable bonds is 4. The van der Waals surface area contributed by atoms with Crippen molar-refractivity contribution < 1.29 is 0 Å². The van der Waals surface area contributed by atoms with Crippen molar-refractivity contribution in [1.82, 2.24) is 14.9 Å². The van der Waals surface area contributed by atoms with Crippen molar-refractivity contribution in [2.75, 3.05) is 39.1 Å². The van der Waals surface area contributed by atoms with Gasteiger partial charge in [-0.05, 0) is 26.2 Å². The van der Waals surface area contributed by atoms with Gasteiger partial charge >= 0.3 is 0 Å². The van der Waals surface area contributed by atoms with Gasteiger partial charge in [0, 0.05) is 26.3 Å². The third kappa shape index (κ3) is 2.29. The predicted octanol–water partition coefficient (Wildman–Crippen LogP) is 1.43. The van der Waals surface area contributed by atoms with Crippen LogP contribution in [-0.4, -0.2) is 49.1 Å². The van der Waals surface area contributed by atoms with Crippen LogP contribution in [0.4, 0.5) is 5.82 Å². The number of fused-ring (bicyclic) bond motifs is 1. The lowest BCUT2D eigenvalue weighted by molar-refractivity contribution is 0.416. The van der Waals surface area contributed by atoms with Crippen LogP contribution in [0.15, 0.2) is 18.3 Å². The first-order valence-corrected chi connectivity index (χ1v) is 5.86. The molecule has 0 aliphatic carbocycles. The highest BCUT2D eigenvalue weighted by Crippen LogP contribution is 2.25. The summed E-state index contributed by atoms with van der Waals surface area (Å²) in [6.07, 6.45) is 1.71. The lowest BCUT2D eigenvalue weighted by Crippen LogP contribution is -2.29. The molecule has 5 heteroatoms. The van der Waals surface area contributed by atoms with E-state index in [0.29, 0.717) is 5.56 Å². The van der Waals surface area contributed by atoms with Crippen molar-refractivity contribution in [3.63, 3.8) is 0 Å². The van der Waals surface area contributed by atoms with Crippen LogP contribution in [0.25, 0.3) is 11.0 Å².